The Kier molecular flexibility index (Phi) is 37.2. The highest BCUT2D eigenvalue weighted by atomic mass is 28.5. The van der Waals surface area contributed by atoms with Gasteiger partial charge in [0.25, 0.3) is 0 Å². The molecule has 0 saturated heterocycles. The molecule has 0 spiro atoms. The van der Waals surface area contributed by atoms with Crippen molar-refractivity contribution in [2.45, 2.75) is 282 Å². The predicted octanol–water partition coefficient (Wildman–Crippen LogP) is 15.1. The fourth-order valence-electron chi connectivity index (χ4n) is 16.1. The Hall–Kier alpha value is -5.36. The average Bonchev–Trinajstić information content (AvgIpc) is 0.811. The monoisotopic (exact) mass is 1510 g/mol. The summed E-state index contributed by atoms with van der Waals surface area (Å²) in [6.45, 7) is 47.7. The van der Waals surface area contributed by atoms with Crippen LogP contribution in [0.4, 0.5) is 14.4 Å². The zero-order chi connectivity index (χ0) is 77.7. The molecule has 3 aliphatic carbocycles. The highest BCUT2D eigenvalue weighted by Gasteiger charge is 2.46. The van der Waals surface area contributed by atoms with Crippen molar-refractivity contribution >= 4 is 79.3 Å². The number of ether oxygens (including phenoxy) is 10. The Balaban J connectivity index is 1.47. The van der Waals surface area contributed by atoms with Gasteiger partial charge >= 0.3 is 62.7 Å². The first kappa shape index (κ1) is 91.8. The van der Waals surface area contributed by atoms with Crippen LogP contribution in [0.5, 0.6) is 0 Å². The normalized spacial score (nSPS) is 22.8. The third kappa shape index (κ3) is 39.2. The molecule has 0 heterocycles. The molecule has 0 aromatic heterocycles. The largest absolute Gasteiger partial charge is 0.466 e. The van der Waals surface area contributed by atoms with Crippen molar-refractivity contribution in [2.24, 2.45) is 43.8 Å². The minimum atomic E-state index is -2.53. The molecule has 3 aliphatic rings. The average molecular weight is 1510 g/mol. The number of esters is 6. The Bertz CT molecular complexity index is 2790. The molecule has 7 unspecified atom stereocenters. The fraction of sp³-hybridized carbons (Fsp3) is 0.829. The van der Waals surface area contributed by atoms with Gasteiger partial charge in [0.15, 0.2) is 16.6 Å². The number of carbonyl (C=O) groups is 9. The number of hydrogen-bond donors (Lipinski definition) is 3. The summed E-state index contributed by atoms with van der Waals surface area (Å²) in [7, 11) is -6.39. The second kappa shape index (κ2) is 41.7. The molecule has 3 N–H and O–H groups in total. The molecule has 3 saturated carbocycles. The highest BCUT2D eigenvalue weighted by molar-refractivity contribution is 6.87. The number of carbonyl (C=O) groups excluding carboxylic acids is 9. The van der Waals surface area contributed by atoms with Gasteiger partial charge in [0.2, 0.25) is 0 Å². The smallest absolute Gasteiger partial charge is 0.407 e. The first-order valence-corrected chi connectivity index (χ1v) is 46.9. The zero-order valence-corrected chi connectivity index (χ0v) is 69.8. The summed E-state index contributed by atoms with van der Waals surface area (Å²) in [5, 5.41) is 8.90. The molecule has 0 bridgehead atoms. The van der Waals surface area contributed by atoms with Crippen LogP contribution in [-0.2, 0) is 84.4 Å². The predicted molar refractivity (Wildman–Crippen MR) is 402 cm³/mol. The molecular formula is C76H135N3O21Si3. The lowest BCUT2D eigenvalue weighted by Crippen LogP contribution is -2.52. The van der Waals surface area contributed by atoms with E-state index in [-0.39, 0.29) is 177 Å². The van der Waals surface area contributed by atoms with Crippen molar-refractivity contribution in [3.63, 3.8) is 0 Å². The van der Waals surface area contributed by atoms with Gasteiger partial charge in [-0.15, -0.1) is 0 Å². The number of alkyl carbamates (subject to hydrolysis) is 3. The fourth-order valence-corrected chi connectivity index (χ4v) is 28.6. The van der Waals surface area contributed by atoms with E-state index in [9.17, 15) is 43.2 Å². The van der Waals surface area contributed by atoms with Gasteiger partial charge in [-0.3, -0.25) is 19.2 Å². The Morgan fingerprint density at radius 2 is 0.845 bits per heavy atom. The number of hydrogen-bond acceptors (Lipinski definition) is 21. The van der Waals surface area contributed by atoms with Crippen molar-refractivity contribution in [3.8, 4) is 0 Å². The third-order valence-electron chi connectivity index (χ3n) is 19.1. The van der Waals surface area contributed by atoms with Gasteiger partial charge in [-0.05, 0) is 213 Å². The van der Waals surface area contributed by atoms with Gasteiger partial charge < -0.3 is 71.5 Å². The van der Waals surface area contributed by atoms with Crippen molar-refractivity contribution in [1.29, 1.82) is 0 Å². The summed E-state index contributed by atoms with van der Waals surface area (Å²) >= 11 is 0. The second-order valence-electron chi connectivity index (χ2n) is 35.5. The topological polar surface area (TPSA) is 300 Å². The molecule has 0 aliphatic heterocycles. The van der Waals surface area contributed by atoms with Crippen LogP contribution in [0.15, 0.2) is 24.3 Å². The number of nitrogens with one attached hydrogen (secondary N) is 3. The van der Waals surface area contributed by atoms with Crippen molar-refractivity contribution in [3.05, 3.63) is 24.3 Å². The van der Waals surface area contributed by atoms with Crippen LogP contribution in [-0.4, -0.2) is 171 Å². The van der Waals surface area contributed by atoms with Gasteiger partial charge in [0.1, 0.15) is 39.6 Å². The first-order chi connectivity index (χ1) is 47.6. The van der Waals surface area contributed by atoms with E-state index in [1.807, 2.05) is 6.92 Å². The first-order valence-electron chi connectivity index (χ1n) is 37.6. The summed E-state index contributed by atoms with van der Waals surface area (Å²) < 4.78 is 69.3. The molecule has 0 aromatic rings. The van der Waals surface area contributed by atoms with Gasteiger partial charge in [0.05, 0.1) is 31.8 Å². The molecule has 0 aromatic carbocycles. The third-order valence-corrected chi connectivity index (χ3v) is 28.7. The summed E-state index contributed by atoms with van der Waals surface area (Å²) in [4.78, 5) is 115. The van der Waals surface area contributed by atoms with Crippen LogP contribution in [0, 0.1) is 43.8 Å². The molecular weight excluding hydrogens is 1380 g/mol. The molecule has 3 rings (SSSR count). The van der Waals surface area contributed by atoms with Crippen LogP contribution >= 0.6 is 0 Å². The van der Waals surface area contributed by atoms with Gasteiger partial charge in [-0.1, -0.05) is 82.4 Å². The Morgan fingerprint density at radius 1 is 0.437 bits per heavy atom. The Labute approximate surface area is 620 Å². The number of unbranched alkanes of at least 4 members (excludes halogenated alkanes) is 2. The van der Waals surface area contributed by atoms with Gasteiger partial charge in [-0.2, -0.15) is 0 Å². The van der Waals surface area contributed by atoms with E-state index in [0.29, 0.717) is 83.8 Å². The lowest BCUT2D eigenvalue weighted by atomic mass is 9.60. The van der Waals surface area contributed by atoms with Crippen LogP contribution in [0.2, 0.25) is 51.9 Å². The quantitative estimate of drug-likeness (QED) is 0.0168. The summed E-state index contributed by atoms with van der Waals surface area (Å²) in [5.41, 5.74) is -1.62. The van der Waals surface area contributed by atoms with Gasteiger partial charge in [-0.25, -0.2) is 24.0 Å². The lowest BCUT2D eigenvalue weighted by molar-refractivity contribution is -0.160. The van der Waals surface area contributed by atoms with E-state index < -0.39 is 60.8 Å². The molecule has 592 valence electrons. The standard InChI is InChI=1S/C76H135N3O21Si3/c1-22-76(53-89-33-27-41-103(21,99-101(15,16)17)100-102(18,19)20,55-98-64(83)42-58-43-70(6,7)51-75(14,44-58)52-77-67(86)95-39-37-92-65(84)56(2)3)54-97-63(82)30-32-74(13)47-59(45-71(8,9)50-74)78-68(87)94-36-24-23-28-61(80)90-34-25-26-35-91-62(81)29-31-73(12)48-60(46-72(10,11)49-73)79-69(88)96-40-38-93-66(85)57(4)5/h58-60H,2,4,22-55H2,1,3,5-21H3,(H,77,86)(H,78,87)(H,79,88). The van der Waals surface area contributed by atoms with Crippen molar-refractivity contribution < 1.29 is 98.7 Å². The zero-order valence-electron chi connectivity index (χ0n) is 66.8. The van der Waals surface area contributed by atoms with Crippen molar-refractivity contribution in [1.82, 2.24) is 16.0 Å². The molecule has 3 fully saturated rings. The summed E-state index contributed by atoms with van der Waals surface area (Å²) in [5.74, 6) is -2.55. The number of amides is 3. The molecule has 103 heavy (non-hydrogen) atoms. The van der Waals surface area contributed by atoms with E-state index in [2.05, 4.69) is 137 Å². The van der Waals surface area contributed by atoms with Crippen LogP contribution in [0.3, 0.4) is 0 Å². The molecule has 27 heteroatoms. The maximum absolute atomic E-state index is 14.0. The summed E-state index contributed by atoms with van der Waals surface area (Å²) in [6.07, 6.45) is 9.93. The molecule has 0 radical (unpaired) electrons. The van der Waals surface area contributed by atoms with E-state index in [1.54, 1.807) is 0 Å². The highest BCUT2D eigenvalue weighted by Crippen LogP contribution is 2.51. The van der Waals surface area contributed by atoms with E-state index in [0.717, 1.165) is 44.6 Å². The minimum Gasteiger partial charge on any atom is -0.466 e. The molecule has 7 atom stereocenters. The van der Waals surface area contributed by atoms with Crippen LogP contribution in [0.1, 0.15) is 218 Å². The Morgan fingerprint density at radius 3 is 1.32 bits per heavy atom. The van der Waals surface area contributed by atoms with E-state index in [1.165, 1.54) is 13.8 Å². The maximum atomic E-state index is 14.0. The minimum absolute atomic E-state index is 0.0239. The maximum Gasteiger partial charge on any atom is 0.407 e. The summed E-state index contributed by atoms with van der Waals surface area (Å²) in [6, 6.07) is 0.390. The lowest BCUT2D eigenvalue weighted by Gasteiger charge is -2.46. The second-order valence-corrected chi connectivity index (χ2v) is 48.4. The van der Waals surface area contributed by atoms with Gasteiger partial charge in [0, 0.05) is 62.1 Å². The van der Waals surface area contributed by atoms with Crippen LogP contribution < -0.4 is 16.0 Å². The number of rotatable bonds is 45. The van der Waals surface area contributed by atoms with E-state index in [4.69, 9.17) is 55.6 Å². The molecule has 3 amide bonds. The SMILES string of the molecule is C=C(C)C(=O)OCCOC(=O)NCC1(C)CC(CC(=O)OCC(CC)(COCCC[Si](C)(O[Si](C)(C)C)O[Si](C)(C)C)COC(=O)CCC2(C)CC(NC(=O)OCCCCC(=O)OCCCCOC(=O)CCC3(C)CC(NC(=O)OCCOC(=O)C(=C)C)CC(C)(C)C3)CC(C)(C)C2)CC(C)(C)C1. The van der Waals surface area contributed by atoms with Crippen molar-refractivity contribution in [2.75, 3.05) is 79.2 Å². The van der Waals surface area contributed by atoms with Crippen LogP contribution in [0.25, 0.3) is 0 Å². The molecule has 24 nitrogen and oxygen atoms in total. The van der Waals surface area contributed by atoms with E-state index >= 15 is 0 Å².